The van der Waals surface area contributed by atoms with Crippen LogP contribution in [0.2, 0.25) is 0 Å². The van der Waals surface area contributed by atoms with E-state index >= 15 is 0 Å². The number of fused-ring (bicyclic) bond motifs is 1. The van der Waals surface area contributed by atoms with Gasteiger partial charge in [0.1, 0.15) is 5.75 Å². The Labute approximate surface area is 221 Å². The Morgan fingerprint density at radius 2 is 1.62 bits per heavy atom. The number of nitrogens with one attached hydrogen (secondary N) is 1. The topological polar surface area (TPSA) is 33.7 Å². The van der Waals surface area contributed by atoms with Crippen LogP contribution < -0.4 is 10.1 Å². The SMILES string of the molecule is CN(CCCOc1ccc(C2CCNCC2OCc2ccc3ccccc3c2)cc1)Cc1ccccc1. The number of ether oxygens (including phenoxy) is 2. The summed E-state index contributed by atoms with van der Waals surface area (Å²) in [5.41, 5.74) is 3.90. The van der Waals surface area contributed by atoms with Crippen molar-refractivity contribution in [3.63, 3.8) is 0 Å². The van der Waals surface area contributed by atoms with Crippen molar-refractivity contribution in [2.45, 2.75) is 38.0 Å². The van der Waals surface area contributed by atoms with Gasteiger partial charge in [0.2, 0.25) is 0 Å². The van der Waals surface area contributed by atoms with Crippen LogP contribution in [-0.4, -0.2) is 44.3 Å². The molecule has 37 heavy (non-hydrogen) atoms. The summed E-state index contributed by atoms with van der Waals surface area (Å²) in [5.74, 6) is 1.33. The van der Waals surface area contributed by atoms with E-state index in [0.717, 1.165) is 51.4 Å². The van der Waals surface area contributed by atoms with Gasteiger partial charge in [-0.25, -0.2) is 0 Å². The highest BCUT2D eigenvalue weighted by atomic mass is 16.5. The molecule has 2 unspecified atom stereocenters. The van der Waals surface area contributed by atoms with E-state index < -0.39 is 0 Å². The lowest BCUT2D eigenvalue weighted by atomic mass is 9.87. The molecule has 0 bridgehead atoms. The predicted molar refractivity (Wildman–Crippen MR) is 152 cm³/mol. The van der Waals surface area contributed by atoms with Gasteiger partial charge in [-0.3, -0.25) is 0 Å². The molecule has 2 atom stereocenters. The number of piperidine rings is 1. The number of benzene rings is 4. The van der Waals surface area contributed by atoms with E-state index in [1.54, 1.807) is 0 Å². The summed E-state index contributed by atoms with van der Waals surface area (Å²) in [5, 5.41) is 6.05. The largest absolute Gasteiger partial charge is 0.494 e. The predicted octanol–water partition coefficient (Wildman–Crippen LogP) is 6.40. The molecule has 1 N–H and O–H groups in total. The highest BCUT2D eigenvalue weighted by Gasteiger charge is 2.27. The standard InChI is InChI=1S/C33H38N2O2/c1-35(24-26-8-3-2-4-9-26)20-7-21-36-31-16-14-29(15-17-31)32-18-19-34-23-33(32)37-25-27-12-13-28-10-5-6-11-30(28)22-27/h2-6,8-17,22,32-34H,7,18-21,23-25H2,1H3. The van der Waals surface area contributed by atoms with E-state index in [9.17, 15) is 0 Å². The van der Waals surface area contributed by atoms with Gasteiger partial charge < -0.3 is 19.7 Å². The van der Waals surface area contributed by atoms with E-state index in [-0.39, 0.29) is 6.10 Å². The zero-order valence-electron chi connectivity index (χ0n) is 21.8. The third-order valence-electron chi connectivity index (χ3n) is 7.26. The highest BCUT2D eigenvalue weighted by Crippen LogP contribution is 2.30. The Balaban J connectivity index is 1.10. The van der Waals surface area contributed by atoms with Crippen LogP contribution in [-0.2, 0) is 17.9 Å². The lowest BCUT2D eigenvalue weighted by molar-refractivity contribution is 0.0106. The molecule has 0 amide bonds. The number of nitrogens with zero attached hydrogens (tertiary/aromatic N) is 1. The van der Waals surface area contributed by atoms with Crippen molar-refractivity contribution in [1.82, 2.24) is 10.2 Å². The van der Waals surface area contributed by atoms with Gasteiger partial charge in [0, 0.05) is 25.6 Å². The first-order valence-electron chi connectivity index (χ1n) is 13.5. The van der Waals surface area contributed by atoms with Gasteiger partial charge in [-0.2, -0.15) is 0 Å². The average molecular weight is 495 g/mol. The van der Waals surface area contributed by atoms with Crippen molar-refractivity contribution < 1.29 is 9.47 Å². The fourth-order valence-electron chi connectivity index (χ4n) is 5.23. The smallest absolute Gasteiger partial charge is 0.119 e. The molecule has 0 aromatic heterocycles. The maximum absolute atomic E-state index is 6.46. The van der Waals surface area contributed by atoms with Gasteiger partial charge in [0.15, 0.2) is 0 Å². The molecule has 1 saturated heterocycles. The van der Waals surface area contributed by atoms with Gasteiger partial charge in [-0.1, -0.05) is 78.9 Å². The van der Waals surface area contributed by atoms with Crippen LogP contribution in [0.5, 0.6) is 5.75 Å². The van der Waals surface area contributed by atoms with E-state index in [1.807, 2.05) is 0 Å². The molecule has 4 heteroatoms. The van der Waals surface area contributed by atoms with Gasteiger partial charge >= 0.3 is 0 Å². The van der Waals surface area contributed by atoms with Gasteiger partial charge in [-0.15, -0.1) is 0 Å². The normalized spacial score (nSPS) is 17.8. The lowest BCUT2D eigenvalue weighted by Crippen LogP contribution is -2.40. The molecule has 1 fully saturated rings. The Hall–Kier alpha value is -3.18. The third kappa shape index (κ3) is 7.20. The van der Waals surface area contributed by atoms with Crippen LogP contribution in [0.4, 0.5) is 0 Å². The molecule has 0 aliphatic carbocycles. The summed E-state index contributed by atoms with van der Waals surface area (Å²) in [7, 11) is 2.17. The fourth-order valence-corrected chi connectivity index (χ4v) is 5.23. The second-order valence-corrected chi connectivity index (χ2v) is 10.1. The molecule has 192 valence electrons. The first-order valence-corrected chi connectivity index (χ1v) is 13.5. The molecule has 0 spiro atoms. The van der Waals surface area contributed by atoms with Crippen molar-refractivity contribution in [3.05, 3.63) is 114 Å². The van der Waals surface area contributed by atoms with Crippen molar-refractivity contribution in [2.75, 3.05) is 33.3 Å². The van der Waals surface area contributed by atoms with Crippen molar-refractivity contribution in [1.29, 1.82) is 0 Å². The summed E-state index contributed by atoms with van der Waals surface area (Å²) < 4.78 is 12.5. The zero-order chi connectivity index (χ0) is 25.3. The maximum Gasteiger partial charge on any atom is 0.119 e. The maximum atomic E-state index is 6.46. The molecule has 1 aliphatic rings. The number of rotatable bonds is 11. The van der Waals surface area contributed by atoms with Crippen LogP contribution >= 0.6 is 0 Å². The van der Waals surface area contributed by atoms with Crippen LogP contribution in [0.25, 0.3) is 10.8 Å². The molecule has 0 radical (unpaired) electrons. The molecule has 4 aromatic carbocycles. The second-order valence-electron chi connectivity index (χ2n) is 10.1. The Morgan fingerprint density at radius 3 is 2.46 bits per heavy atom. The summed E-state index contributed by atoms with van der Waals surface area (Å²) in [4.78, 5) is 2.34. The average Bonchev–Trinajstić information content (AvgIpc) is 2.95. The quantitative estimate of drug-likeness (QED) is 0.245. The van der Waals surface area contributed by atoms with Crippen LogP contribution in [0.3, 0.4) is 0 Å². The summed E-state index contributed by atoms with van der Waals surface area (Å²) in [6, 6.07) is 34.4. The summed E-state index contributed by atoms with van der Waals surface area (Å²) in [6.07, 6.45) is 2.24. The van der Waals surface area contributed by atoms with E-state index in [0.29, 0.717) is 12.5 Å². The third-order valence-corrected chi connectivity index (χ3v) is 7.26. The van der Waals surface area contributed by atoms with Crippen LogP contribution in [0.15, 0.2) is 97.1 Å². The van der Waals surface area contributed by atoms with Crippen LogP contribution in [0, 0.1) is 0 Å². The van der Waals surface area contributed by atoms with Gasteiger partial charge in [0.05, 0.1) is 19.3 Å². The monoisotopic (exact) mass is 494 g/mol. The zero-order valence-corrected chi connectivity index (χ0v) is 21.8. The second kappa shape index (κ2) is 12.9. The van der Waals surface area contributed by atoms with E-state index in [4.69, 9.17) is 9.47 Å². The van der Waals surface area contributed by atoms with Crippen molar-refractivity contribution >= 4 is 10.8 Å². The Bertz CT molecular complexity index is 1240. The molecular formula is C33H38N2O2. The summed E-state index contributed by atoms with van der Waals surface area (Å²) in [6.45, 7) is 5.24. The molecule has 4 nitrogen and oxygen atoms in total. The number of hydrogen-bond acceptors (Lipinski definition) is 4. The fraction of sp³-hybridized carbons (Fsp3) is 0.333. The minimum absolute atomic E-state index is 0.159. The van der Waals surface area contributed by atoms with E-state index in [1.165, 1.54) is 27.5 Å². The Kier molecular flexibility index (Phi) is 8.86. The molecule has 1 aliphatic heterocycles. The first-order chi connectivity index (χ1) is 18.2. The Morgan fingerprint density at radius 1 is 0.838 bits per heavy atom. The molecule has 5 rings (SSSR count). The first kappa shape index (κ1) is 25.5. The minimum atomic E-state index is 0.159. The van der Waals surface area contributed by atoms with Crippen LogP contribution in [0.1, 0.15) is 35.4 Å². The minimum Gasteiger partial charge on any atom is -0.494 e. The molecule has 4 aromatic rings. The van der Waals surface area contributed by atoms with E-state index in [2.05, 4.69) is 114 Å². The summed E-state index contributed by atoms with van der Waals surface area (Å²) >= 11 is 0. The molecular weight excluding hydrogens is 456 g/mol. The van der Waals surface area contributed by atoms with Gasteiger partial charge in [-0.05, 0) is 72.1 Å². The van der Waals surface area contributed by atoms with Gasteiger partial charge in [0.25, 0.3) is 0 Å². The van der Waals surface area contributed by atoms with Crippen molar-refractivity contribution in [2.24, 2.45) is 0 Å². The highest BCUT2D eigenvalue weighted by molar-refractivity contribution is 5.82. The van der Waals surface area contributed by atoms with Crippen molar-refractivity contribution in [3.8, 4) is 5.75 Å². The number of hydrogen-bond donors (Lipinski definition) is 1. The lowest BCUT2D eigenvalue weighted by Gasteiger charge is -2.32. The molecule has 1 heterocycles. The molecule has 0 saturated carbocycles.